The van der Waals surface area contributed by atoms with Crippen LogP contribution in [0.1, 0.15) is 66.9 Å². The molecule has 0 unspecified atom stereocenters. The number of piperidine rings is 1. The fourth-order valence-corrected chi connectivity index (χ4v) is 4.28. The Hall–Kier alpha value is -2.51. The van der Waals surface area contributed by atoms with Gasteiger partial charge < -0.3 is 15.1 Å². The van der Waals surface area contributed by atoms with Crippen LogP contribution in [-0.2, 0) is 0 Å². The summed E-state index contributed by atoms with van der Waals surface area (Å²) in [4.78, 5) is 4.39. The van der Waals surface area contributed by atoms with Crippen LogP contribution in [0.25, 0.3) is 17.0 Å². The van der Waals surface area contributed by atoms with E-state index in [4.69, 9.17) is 4.74 Å². The second-order valence-electron chi connectivity index (χ2n) is 9.57. The maximum atomic E-state index is 10.6. The molecule has 2 atom stereocenters. The third kappa shape index (κ3) is 4.57. The molecule has 1 aliphatic heterocycles. The normalized spacial score (nSPS) is 23.5. The smallest absolute Gasteiger partial charge is 0.233 e. The van der Waals surface area contributed by atoms with Crippen molar-refractivity contribution in [2.75, 3.05) is 0 Å². The fourth-order valence-electron chi connectivity index (χ4n) is 4.28. The summed E-state index contributed by atoms with van der Waals surface area (Å²) in [5.74, 6) is 0.554. The summed E-state index contributed by atoms with van der Waals surface area (Å²) >= 11 is 0. The van der Waals surface area contributed by atoms with Crippen molar-refractivity contribution in [1.82, 2.24) is 20.2 Å². The molecule has 1 saturated heterocycles. The average Bonchev–Trinajstić information content (AvgIpc) is 2.72. The molecule has 7 heteroatoms. The Morgan fingerprint density at radius 1 is 1.26 bits per heavy atom. The van der Waals surface area contributed by atoms with Gasteiger partial charge in [-0.05, 0) is 64.3 Å². The van der Waals surface area contributed by atoms with E-state index >= 15 is 0 Å². The fraction of sp³-hybridized carbons (Fsp3) is 0.542. The number of aromatic nitrogens is 3. The molecule has 1 fully saturated rings. The first-order chi connectivity index (χ1) is 14.5. The SMILES string of the molecule is CC/C=C(\C)c1cnc(-c2ccc(O[C@H]3CC(C)(C)N(O)C(C)(C)[C@H]3C)nn2)c(O)c1. The highest BCUT2D eigenvalue weighted by atomic mass is 16.5. The van der Waals surface area contributed by atoms with Gasteiger partial charge in [-0.25, -0.2) is 4.98 Å². The molecule has 31 heavy (non-hydrogen) atoms. The predicted molar refractivity (Wildman–Crippen MR) is 121 cm³/mol. The Kier molecular flexibility index (Phi) is 6.39. The highest BCUT2D eigenvalue weighted by Gasteiger charge is 2.50. The van der Waals surface area contributed by atoms with Crippen LogP contribution in [0, 0.1) is 5.92 Å². The summed E-state index contributed by atoms with van der Waals surface area (Å²) in [5, 5.41) is 30.9. The van der Waals surface area contributed by atoms with Crippen LogP contribution in [0.2, 0.25) is 0 Å². The largest absolute Gasteiger partial charge is 0.506 e. The number of ether oxygens (including phenoxy) is 1. The van der Waals surface area contributed by atoms with Gasteiger partial charge >= 0.3 is 0 Å². The van der Waals surface area contributed by atoms with E-state index in [9.17, 15) is 10.3 Å². The van der Waals surface area contributed by atoms with E-state index in [1.807, 2.05) is 34.6 Å². The van der Waals surface area contributed by atoms with E-state index < -0.39 is 11.1 Å². The van der Waals surface area contributed by atoms with Crippen LogP contribution in [0.15, 0.2) is 30.5 Å². The van der Waals surface area contributed by atoms with Crippen molar-refractivity contribution in [3.63, 3.8) is 0 Å². The molecular formula is C24H34N4O3. The summed E-state index contributed by atoms with van der Waals surface area (Å²) in [6.45, 7) is 14.2. The number of rotatable bonds is 5. The number of aromatic hydroxyl groups is 1. The van der Waals surface area contributed by atoms with Gasteiger partial charge in [0.25, 0.3) is 0 Å². The molecule has 0 spiro atoms. The molecule has 2 aromatic rings. The number of hydroxylamine groups is 2. The molecule has 2 aromatic heterocycles. The molecule has 0 bridgehead atoms. The zero-order valence-corrected chi connectivity index (χ0v) is 19.5. The average molecular weight is 427 g/mol. The van der Waals surface area contributed by atoms with Crippen molar-refractivity contribution < 1.29 is 15.1 Å². The highest BCUT2D eigenvalue weighted by molar-refractivity contribution is 5.69. The molecule has 7 nitrogen and oxygen atoms in total. The van der Waals surface area contributed by atoms with E-state index in [2.05, 4.69) is 35.1 Å². The number of allylic oxidation sites excluding steroid dienone is 2. The topological polar surface area (TPSA) is 91.6 Å². The van der Waals surface area contributed by atoms with Crippen LogP contribution >= 0.6 is 0 Å². The summed E-state index contributed by atoms with van der Waals surface area (Å²) < 4.78 is 6.18. The second kappa shape index (κ2) is 8.55. The number of nitrogens with zero attached hydrogens (tertiary/aromatic N) is 4. The summed E-state index contributed by atoms with van der Waals surface area (Å²) in [5.41, 5.74) is 1.95. The van der Waals surface area contributed by atoms with Gasteiger partial charge in [0.15, 0.2) is 0 Å². The van der Waals surface area contributed by atoms with E-state index in [0.29, 0.717) is 23.7 Å². The zero-order chi connectivity index (χ0) is 23.0. The lowest BCUT2D eigenvalue weighted by atomic mass is 9.73. The standard InChI is InChI=1S/C24H34N4O3/c1-8-9-15(2)17-12-19(29)22(25-14-17)18-10-11-21(27-26-18)31-20-13-23(4,5)28(30)24(6,7)16(20)3/h9-12,14,16,20,29-30H,8,13H2,1-7H3/b15-9+/t16-,20-/m0/s1. The van der Waals surface area contributed by atoms with Gasteiger partial charge in [-0.1, -0.05) is 19.9 Å². The summed E-state index contributed by atoms with van der Waals surface area (Å²) in [6, 6.07) is 5.20. The van der Waals surface area contributed by atoms with Gasteiger partial charge in [0.2, 0.25) is 5.88 Å². The lowest BCUT2D eigenvalue weighted by Crippen LogP contribution is -2.65. The number of hydrogen-bond acceptors (Lipinski definition) is 7. The minimum atomic E-state index is -0.443. The van der Waals surface area contributed by atoms with Crippen molar-refractivity contribution in [3.05, 3.63) is 36.0 Å². The van der Waals surface area contributed by atoms with E-state index in [0.717, 1.165) is 17.6 Å². The third-order valence-corrected chi connectivity index (χ3v) is 6.48. The zero-order valence-electron chi connectivity index (χ0n) is 19.5. The first-order valence-corrected chi connectivity index (χ1v) is 10.8. The van der Waals surface area contributed by atoms with Gasteiger partial charge in [-0.15, -0.1) is 10.2 Å². The predicted octanol–water partition coefficient (Wildman–Crippen LogP) is 5.09. The second-order valence-corrected chi connectivity index (χ2v) is 9.57. The quantitative estimate of drug-likeness (QED) is 0.688. The molecule has 0 aliphatic carbocycles. The van der Waals surface area contributed by atoms with Gasteiger partial charge in [0.1, 0.15) is 23.2 Å². The monoisotopic (exact) mass is 426 g/mol. The Morgan fingerprint density at radius 2 is 1.97 bits per heavy atom. The van der Waals surface area contributed by atoms with Crippen LogP contribution in [0.5, 0.6) is 11.6 Å². The molecule has 2 N–H and O–H groups in total. The van der Waals surface area contributed by atoms with Crippen molar-refractivity contribution in [2.24, 2.45) is 5.92 Å². The van der Waals surface area contributed by atoms with Gasteiger partial charge in [-0.2, -0.15) is 5.06 Å². The maximum absolute atomic E-state index is 10.6. The van der Waals surface area contributed by atoms with Crippen molar-refractivity contribution in [2.45, 2.75) is 78.5 Å². The summed E-state index contributed by atoms with van der Waals surface area (Å²) in [7, 11) is 0. The minimum Gasteiger partial charge on any atom is -0.506 e. The molecule has 0 amide bonds. The van der Waals surface area contributed by atoms with Gasteiger partial charge in [0.05, 0.1) is 0 Å². The highest BCUT2D eigenvalue weighted by Crippen LogP contribution is 2.42. The molecule has 0 saturated carbocycles. The lowest BCUT2D eigenvalue weighted by Gasteiger charge is -2.54. The van der Waals surface area contributed by atoms with E-state index in [1.165, 1.54) is 5.06 Å². The van der Waals surface area contributed by atoms with Crippen molar-refractivity contribution in [1.29, 1.82) is 0 Å². The van der Waals surface area contributed by atoms with Gasteiger partial charge in [-0.3, -0.25) is 0 Å². The first kappa shape index (κ1) is 23.2. The van der Waals surface area contributed by atoms with Gasteiger partial charge in [0, 0.05) is 35.7 Å². The van der Waals surface area contributed by atoms with Crippen molar-refractivity contribution >= 4 is 5.57 Å². The third-order valence-electron chi connectivity index (χ3n) is 6.48. The molecule has 3 rings (SSSR count). The molecule has 3 heterocycles. The van der Waals surface area contributed by atoms with Crippen LogP contribution in [0.4, 0.5) is 0 Å². The molecule has 1 aliphatic rings. The number of pyridine rings is 1. The van der Waals surface area contributed by atoms with Crippen LogP contribution < -0.4 is 4.74 Å². The Labute approximate surface area is 184 Å². The minimum absolute atomic E-state index is 0.0664. The molecule has 168 valence electrons. The Morgan fingerprint density at radius 3 is 2.55 bits per heavy atom. The molecule has 0 radical (unpaired) electrons. The van der Waals surface area contributed by atoms with Crippen LogP contribution in [0.3, 0.4) is 0 Å². The lowest BCUT2D eigenvalue weighted by molar-refractivity contribution is -0.273. The van der Waals surface area contributed by atoms with E-state index in [1.54, 1.807) is 24.4 Å². The first-order valence-electron chi connectivity index (χ1n) is 10.8. The molecular weight excluding hydrogens is 392 g/mol. The Bertz CT molecular complexity index is 954. The van der Waals surface area contributed by atoms with E-state index in [-0.39, 0.29) is 17.8 Å². The van der Waals surface area contributed by atoms with Crippen LogP contribution in [-0.4, -0.2) is 47.7 Å². The van der Waals surface area contributed by atoms with Crippen molar-refractivity contribution in [3.8, 4) is 23.0 Å². The number of hydrogen-bond donors (Lipinski definition) is 2. The molecule has 0 aromatic carbocycles. The maximum Gasteiger partial charge on any atom is 0.233 e. The summed E-state index contributed by atoms with van der Waals surface area (Å²) in [6.07, 6.45) is 5.29. The Balaban J connectivity index is 1.79.